The van der Waals surface area contributed by atoms with E-state index in [1.54, 1.807) is 24.3 Å². The van der Waals surface area contributed by atoms with Crippen LogP contribution in [0, 0.1) is 5.82 Å². The molecule has 2 aromatic rings. The number of benzene rings is 2. The number of carbonyl (C=O) groups is 1. The molecule has 0 bridgehead atoms. The lowest BCUT2D eigenvalue weighted by Gasteiger charge is -2.11. The Balaban J connectivity index is 2.60. The summed E-state index contributed by atoms with van der Waals surface area (Å²) in [6, 6.07) is 10.6. The maximum Gasteiger partial charge on any atom is 0.339 e. The van der Waals surface area contributed by atoms with E-state index in [-0.39, 0.29) is 17.1 Å². The number of carboxylic acid groups (broad SMARTS) is 1. The normalized spacial score (nSPS) is 10.1. The highest BCUT2D eigenvalue weighted by Gasteiger charge is 2.15. The van der Waals surface area contributed by atoms with Crippen molar-refractivity contribution in [2.45, 2.75) is 0 Å². The molecule has 92 valence electrons. The summed E-state index contributed by atoms with van der Waals surface area (Å²) in [5.41, 5.74) is 1.41. The van der Waals surface area contributed by atoms with Crippen LogP contribution in [0.15, 0.2) is 42.5 Å². The molecule has 2 rings (SSSR count). The van der Waals surface area contributed by atoms with Crippen LogP contribution in [0.1, 0.15) is 10.4 Å². The molecular weight excluding hydrogens is 235 g/mol. The first kappa shape index (κ1) is 12.1. The zero-order valence-electron chi connectivity index (χ0n) is 9.68. The molecule has 0 aliphatic rings. The molecule has 3 nitrogen and oxygen atoms in total. The number of hydrogen-bond acceptors (Lipinski definition) is 2. The summed E-state index contributed by atoms with van der Waals surface area (Å²) >= 11 is 0. The smallest absolute Gasteiger partial charge is 0.339 e. The SMILES string of the molecule is COc1c(C(=O)O)cccc1-c1ccc(F)cc1. The van der Waals surface area contributed by atoms with Crippen molar-refractivity contribution in [3.05, 3.63) is 53.8 Å². The number of para-hydroxylation sites is 1. The van der Waals surface area contributed by atoms with Gasteiger partial charge in [0.2, 0.25) is 0 Å². The predicted octanol–water partition coefficient (Wildman–Crippen LogP) is 3.20. The van der Waals surface area contributed by atoms with Crippen molar-refractivity contribution in [3.8, 4) is 16.9 Å². The molecule has 0 unspecified atom stereocenters. The van der Waals surface area contributed by atoms with E-state index in [9.17, 15) is 9.18 Å². The van der Waals surface area contributed by atoms with Crippen molar-refractivity contribution in [1.82, 2.24) is 0 Å². The minimum Gasteiger partial charge on any atom is -0.495 e. The largest absolute Gasteiger partial charge is 0.495 e. The van der Waals surface area contributed by atoms with Crippen molar-refractivity contribution in [3.63, 3.8) is 0 Å². The molecule has 2 aromatic carbocycles. The molecule has 1 N–H and O–H groups in total. The number of hydrogen-bond donors (Lipinski definition) is 1. The number of rotatable bonds is 3. The first-order chi connectivity index (χ1) is 8.63. The maximum atomic E-state index is 12.9. The average molecular weight is 246 g/mol. The Morgan fingerprint density at radius 1 is 1.17 bits per heavy atom. The molecule has 0 aliphatic heterocycles. The quantitative estimate of drug-likeness (QED) is 0.904. The van der Waals surface area contributed by atoms with Crippen molar-refractivity contribution in [2.24, 2.45) is 0 Å². The molecule has 0 aromatic heterocycles. The standard InChI is InChI=1S/C14H11FO3/c1-18-13-11(3-2-4-12(13)14(16)17)9-5-7-10(15)8-6-9/h2-8H,1H3,(H,16,17). The predicted molar refractivity (Wildman–Crippen MR) is 65.3 cm³/mol. The zero-order valence-corrected chi connectivity index (χ0v) is 9.68. The summed E-state index contributed by atoms with van der Waals surface area (Å²) < 4.78 is 18.0. The van der Waals surface area contributed by atoms with Crippen molar-refractivity contribution in [1.29, 1.82) is 0 Å². The van der Waals surface area contributed by atoms with Gasteiger partial charge >= 0.3 is 5.97 Å². The van der Waals surface area contributed by atoms with Gasteiger partial charge < -0.3 is 9.84 Å². The molecule has 0 amide bonds. The molecule has 18 heavy (non-hydrogen) atoms. The van der Waals surface area contributed by atoms with Crippen LogP contribution in [-0.4, -0.2) is 18.2 Å². The third-order valence-corrected chi connectivity index (χ3v) is 2.60. The van der Waals surface area contributed by atoms with Crippen LogP contribution in [0.5, 0.6) is 5.75 Å². The fourth-order valence-electron chi connectivity index (χ4n) is 1.78. The number of ether oxygens (including phenoxy) is 1. The zero-order chi connectivity index (χ0) is 13.1. The summed E-state index contributed by atoms with van der Waals surface area (Å²) in [7, 11) is 1.41. The van der Waals surface area contributed by atoms with Crippen LogP contribution in [0.3, 0.4) is 0 Å². The molecule has 0 atom stereocenters. The van der Waals surface area contributed by atoms with Gasteiger partial charge in [-0.3, -0.25) is 0 Å². The number of carboxylic acids is 1. The van der Waals surface area contributed by atoms with Gasteiger partial charge in [-0.25, -0.2) is 9.18 Å². The first-order valence-electron chi connectivity index (χ1n) is 5.29. The minimum absolute atomic E-state index is 0.0827. The van der Waals surface area contributed by atoms with Gasteiger partial charge in [0, 0.05) is 5.56 Å². The van der Waals surface area contributed by atoms with Gasteiger partial charge in [0.05, 0.1) is 7.11 Å². The second-order valence-corrected chi connectivity index (χ2v) is 3.70. The van der Waals surface area contributed by atoms with Crippen molar-refractivity contribution in [2.75, 3.05) is 7.11 Å². The van der Waals surface area contributed by atoms with Crippen LogP contribution in [0.4, 0.5) is 4.39 Å². The van der Waals surface area contributed by atoms with Gasteiger partial charge in [0.15, 0.2) is 0 Å². The van der Waals surface area contributed by atoms with Gasteiger partial charge in [0.25, 0.3) is 0 Å². The fourth-order valence-corrected chi connectivity index (χ4v) is 1.78. The van der Waals surface area contributed by atoms with Crippen LogP contribution in [0.2, 0.25) is 0 Å². The Morgan fingerprint density at radius 3 is 2.39 bits per heavy atom. The maximum absolute atomic E-state index is 12.9. The topological polar surface area (TPSA) is 46.5 Å². The van der Waals surface area contributed by atoms with E-state index >= 15 is 0 Å². The molecule has 0 aliphatic carbocycles. The van der Waals surface area contributed by atoms with E-state index in [2.05, 4.69) is 0 Å². The van der Waals surface area contributed by atoms with Gasteiger partial charge in [-0.1, -0.05) is 24.3 Å². The highest BCUT2D eigenvalue weighted by molar-refractivity contribution is 5.94. The number of halogens is 1. The molecular formula is C14H11FO3. The summed E-state index contributed by atoms with van der Waals surface area (Å²) in [4.78, 5) is 11.1. The van der Waals surface area contributed by atoms with Crippen LogP contribution < -0.4 is 4.74 Å². The van der Waals surface area contributed by atoms with E-state index in [1.165, 1.54) is 25.3 Å². The lowest BCUT2D eigenvalue weighted by atomic mass is 10.0. The Kier molecular flexibility index (Phi) is 3.28. The van der Waals surface area contributed by atoms with E-state index in [0.29, 0.717) is 11.1 Å². The van der Waals surface area contributed by atoms with Crippen LogP contribution >= 0.6 is 0 Å². The second-order valence-electron chi connectivity index (χ2n) is 3.70. The first-order valence-corrected chi connectivity index (χ1v) is 5.29. The highest BCUT2D eigenvalue weighted by atomic mass is 19.1. The van der Waals surface area contributed by atoms with E-state index in [4.69, 9.17) is 9.84 Å². The Hall–Kier alpha value is -2.36. The summed E-state index contributed by atoms with van der Waals surface area (Å²) in [6.45, 7) is 0. The Labute approximate surface area is 103 Å². The average Bonchev–Trinajstić information content (AvgIpc) is 2.38. The molecule has 0 heterocycles. The number of aromatic carboxylic acids is 1. The molecule has 0 saturated carbocycles. The summed E-state index contributed by atoms with van der Waals surface area (Å²) in [6.07, 6.45) is 0. The van der Waals surface area contributed by atoms with E-state index < -0.39 is 5.97 Å². The summed E-state index contributed by atoms with van der Waals surface area (Å²) in [5, 5.41) is 9.07. The lowest BCUT2D eigenvalue weighted by Crippen LogP contribution is -2.01. The third-order valence-electron chi connectivity index (χ3n) is 2.60. The van der Waals surface area contributed by atoms with Gasteiger partial charge in [-0.2, -0.15) is 0 Å². The van der Waals surface area contributed by atoms with Gasteiger partial charge in [-0.15, -0.1) is 0 Å². The van der Waals surface area contributed by atoms with E-state index in [0.717, 1.165) is 0 Å². The van der Waals surface area contributed by atoms with E-state index in [1.807, 2.05) is 0 Å². The van der Waals surface area contributed by atoms with Gasteiger partial charge in [0.1, 0.15) is 17.1 Å². The van der Waals surface area contributed by atoms with Crippen LogP contribution in [0.25, 0.3) is 11.1 Å². The van der Waals surface area contributed by atoms with Crippen LogP contribution in [-0.2, 0) is 0 Å². The van der Waals surface area contributed by atoms with Crippen molar-refractivity contribution < 1.29 is 19.0 Å². The fraction of sp³-hybridized carbons (Fsp3) is 0.0714. The molecule has 4 heteroatoms. The van der Waals surface area contributed by atoms with Crippen molar-refractivity contribution >= 4 is 5.97 Å². The molecule has 0 radical (unpaired) electrons. The molecule has 0 fully saturated rings. The number of methoxy groups -OCH3 is 1. The molecule has 0 saturated heterocycles. The highest BCUT2D eigenvalue weighted by Crippen LogP contribution is 2.33. The second kappa shape index (κ2) is 4.87. The molecule has 0 spiro atoms. The Morgan fingerprint density at radius 2 is 1.83 bits per heavy atom. The Bertz CT molecular complexity index is 576. The van der Waals surface area contributed by atoms with Gasteiger partial charge in [-0.05, 0) is 23.8 Å². The third kappa shape index (κ3) is 2.18. The monoisotopic (exact) mass is 246 g/mol. The summed E-state index contributed by atoms with van der Waals surface area (Å²) in [5.74, 6) is -1.13. The lowest BCUT2D eigenvalue weighted by molar-refractivity contribution is 0.0693. The minimum atomic E-state index is -1.06.